The molecule has 0 spiro atoms. The summed E-state index contributed by atoms with van der Waals surface area (Å²) in [5.41, 5.74) is 0.690. The van der Waals surface area contributed by atoms with Crippen LogP contribution >= 0.6 is 15.9 Å². The molecule has 1 aliphatic heterocycles. The molecule has 1 atom stereocenters. The van der Waals surface area contributed by atoms with Gasteiger partial charge in [-0.15, -0.1) is 0 Å². The van der Waals surface area contributed by atoms with E-state index in [0.717, 1.165) is 39.0 Å². The van der Waals surface area contributed by atoms with Gasteiger partial charge in [0.15, 0.2) is 11.6 Å². The zero-order chi connectivity index (χ0) is 13.8. The third-order valence-corrected chi connectivity index (χ3v) is 4.03. The van der Waals surface area contributed by atoms with Crippen molar-refractivity contribution in [2.24, 2.45) is 0 Å². The lowest BCUT2D eigenvalue weighted by molar-refractivity contribution is 0.161. The van der Waals surface area contributed by atoms with E-state index in [1.54, 1.807) is 0 Å². The van der Waals surface area contributed by atoms with E-state index in [2.05, 4.69) is 33.1 Å². The van der Waals surface area contributed by atoms with Crippen LogP contribution in [-0.2, 0) is 0 Å². The number of nitrogens with one attached hydrogen (secondary N) is 1. The molecule has 1 saturated heterocycles. The van der Waals surface area contributed by atoms with Gasteiger partial charge < -0.3 is 10.4 Å². The molecule has 0 amide bonds. The van der Waals surface area contributed by atoms with Crippen LogP contribution in [0.2, 0.25) is 0 Å². The minimum Gasteiger partial charge on any atom is -0.505 e. The molecule has 5 heteroatoms. The highest BCUT2D eigenvalue weighted by molar-refractivity contribution is 9.10. The van der Waals surface area contributed by atoms with E-state index in [1.165, 1.54) is 6.07 Å². The normalized spacial score (nSPS) is 18.5. The molecule has 0 aliphatic carbocycles. The summed E-state index contributed by atoms with van der Waals surface area (Å²) in [6.07, 6.45) is 1.92. The molecule has 2 rings (SSSR count). The summed E-state index contributed by atoms with van der Waals surface area (Å²) in [7, 11) is 0. The smallest absolute Gasteiger partial charge is 0.166 e. The Morgan fingerprint density at radius 3 is 2.74 bits per heavy atom. The van der Waals surface area contributed by atoms with Gasteiger partial charge in [0.05, 0.1) is 0 Å². The molecule has 0 bridgehead atoms. The molecular weight excluding hydrogens is 311 g/mol. The quantitative estimate of drug-likeness (QED) is 0.890. The summed E-state index contributed by atoms with van der Waals surface area (Å²) in [6.45, 7) is 5.85. The van der Waals surface area contributed by atoms with Crippen molar-refractivity contribution in [3.05, 3.63) is 28.0 Å². The highest BCUT2D eigenvalue weighted by Crippen LogP contribution is 2.36. The molecule has 3 nitrogen and oxygen atoms in total. The van der Waals surface area contributed by atoms with Crippen molar-refractivity contribution in [1.29, 1.82) is 0 Å². The number of nitrogens with zero attached hydrogens (tertiary/aromatic N) is 1. The summed E-state index contributed by atoms with van der Waals surface area (Å²) >= 11 is 3.31. The number of phenolic OH excluding ortho intramolecular Hbond substituents is 1. The Bertz CT molecular complexity index is 436. The van der Waals surface area contributed by atoms with Gasteiger partial charge in [0.1, 0.15) is 0 Å². The third kappa shape index (κ3) is 3.46. The van der Waals surface area contributed by atoms with Crippen molar-refractivity contribution < 1.29 is 9.50 Å². The van der Waals surface area contributed by atoms with E-state index in [9.17, 15) is 9.50 Å². The molecule has 1 aromatic carbocycles. The molecule has 2 N–H and O–H groups in total. The Balaban J connectivity index is 2.32. The lowest BCUT2D eigenvalue weighted by atomic mass is 9.98. The van der Waals surface area contributed by atoms with Crippen LogP contribution in [0.15, 0.2) is 16.6 Å². The first kappa shape index (κ1) is 14.8. The average molecular weight is 331 g/mol. The van der Waals surface area contributed by atoms with Gasteiger partial charge in [0.2, 0.25) is 0 Å². The summed E-state index contributed by atoms with van der Waals surface area (Å²) < 4.78 is 14.4. The Kier molecular flexibility index (Phi) is 5.19. The lowest BCUT2D eigenvalue weighted by Gasteiger charge is -2.35. The van der Waals surface area contributed by atoms with Gasteiger partial charge in [-0.25, -0.2) is 4.39 Å². The van der Waals surface area contributed by atoms with Gasteiger partial charge in [-0.1, -0.05) is 29.3 Å². The summed E-state index contributed by atoms with van der Waals surface area (Å²) in [5.74, 6) is -0.763. The number of aromatic hydroxyl groups is 1. The maximum atomic E-state index is 13.7. The fraction of sp³-hybridized carbons (Fsp3) is 0.571. The molecule has 1 aromatic rings. The van der Waals surface area contributed by atoms with E-state index in [-0.39, 0.29) is 11.8 Å². The fourth-order valence-electron chi connectivity index (χ4n) is 2.64. The van der Waals surface area contributed by atoms with Gasteiger partial charge in [-0.05, 0) is 18.6 Å². The van der Waals surface area contributed by atoms with Gasteiger partial charge in [0, 0.05) is 42.3 Å². The van der Waals surface area contributed by atoms with Gasteiger partial charge in [0.25, 0.3) is 0 Å². The molecule has 1 fully saturated rings. The molecule has 106 valence electrons. The second-order valence-electron chi connectivity index (χ2n) is 4.92. The van der Waals surface area contributed by atoms with Crippen LogP contribution < -0.4 is 5.32 Å². The van der Waals surface area contributed by atoms with Crippen molar-refractivity contribution in [3.63, 3.8) is 0 Å². The Morgan fingerprint density at radius 2 is 2.11 bits per heavy atom. The van der Waals surface area contributed by atoms with Crippen LogP contribution in [0.25, 0.3) is 0 Å². The first-order valence-corrected chi connectivity index (χ1v) is 7.55. The Morgan fingerprint density at radius 1 is 1.42 bits per heavy atom. The summed E-state index contributed by atoms with van der Waals surface area (Å²) in [5, 5.41) is 13.3. The molecule has 1 heterocycles. The second-order valence-corrected chi connectivity index (χ2v) is 5.83. The van der Waals surface area contributed by atoms with Crippen molar-refractivity contribution in [1.82, 2.24) is 10.2 Å². The van der Waals surface area contributed by atoms with Gasteiger partial charge in [-0.2, -0.15) is 0 Å². The molecule has 0 saturated carbocycles. The Labute approximate surface area is 121 Å². The van der Waals surface area contributed by atoms with Crippen LogP contribution in [0.5, 0.6) is 5.75 Å². The number of phenols is 1. The molecule has 1 aliphatic rings. The fourth-order valence-corrected chi connectivity index (χ4v) is 3.09. The van der Waals surface area contributed by atoms with E-state index < -0.39 is 5.82 Å². The SMILES string of the molecule is CCC[C@H](c1cc(Br)cc(F)c1O)N1CCNCC1. The minimum atomic E-state index is -0.555. The maximum absolute atomic E-state index is 13.7. The highest BCUT2D eigenvalue weighted by Gasteiger charge is 2.25. The van der Waals surface area contributed by atoms with Crippen molar-refractivity contribution in [2.45, 2.75) is 25.8 Å². The van der Waals surface area contributed by atoms with E-state index in [0.29, 0.717) is 10.0 Å². The van der Waals surface area contributed by atoms with E-state index in [4.69, 9.17) is 0 Å². The van der Waals surface area contributed by atoms with Crippen LogP contribution in [-0.4, -0.2) is 36.2 Å². The monoisotopic (exact) mass is 330 g/mol. The number of halogens is 2. The zero-order valence-electron chi connectivity index (χ0n) is 11.1. The van der Waals surface area contributed by atoms with Crippen LogP contribution in [0.3, 0.4) is 0 Å². The maximum Gasteiger partial charge on any atom is 0.166 e. The van der Waals surface area contributed by atoms with Crippen LogP contribution in [0, 0.1) is 5.82 Å². The number of hydrogen-bond acceptors (Lipinski definition) is 3. The minimum absolute atomic E-state index is 0.0825. The molecule has 0 unspecified atom stereocenters. The molecular formula is C14H20BrFN2O. The Hall–Kier alpha value is -0.650. The van der Waals surface area contributed by atoms with Crippen molar-refractivity contribution in [2.75, 3.05) is 26.2 Å². The average Bonchev–Trinajstić information content (AvgIpc) is 2.41. The van der Waals surface area contributed by atoms with Gasteiger partial charge >= 0.3 is 0 Å². The third-order valence-electron chi connectivity index (χ3n) is 3.57. The lowest BCUT2D eigenvalue weighted by Crippen LogP contribution is -2.45. The molecule has 19 heavy (non-hydrogen) atoms. The predicted octanol–water partition coefficient (Wildman–Crippen LogP) is 3.04. The van der Waals surface area contributed by atoms with E-state index in [1.807, 2.05) is 6.07 Å². The van der Waals surface area contributed by atoms with Gasteiger partial charge in [-0.3, -0.25) is 4.90 Å². The first-order valence-electron chi connectivity index (χ1n) is 6.76. The van der Waals surface area contributed by atoms with Crippen LogP contribution in [0.1, 0.15) is 31.4 Å². The molecule has 0 radical (unpaired) electrons. The summed E-state index contributed by atoms with van der Waals surface area (Å²) in [4.78, 5) is 2.32. The highest BCUT2D eigenvalue weighted by atomic mass is 79.9. The standard InChI is InChI=1S/C14H20BrFN2O/c1-2-3-13(18-6-4-17-5-7-18)11-8-10(15)9-12(16)14(11)19/h8-9,13,17,19H,2-7H2,1H3/t13-/m1/s1. The largest absolute Gasteiger partial charge is 0.505 e. The number of piperazine rings is 1. The number of rotatable bonds is 4. The number of hydrogen-bond donors (Lipinski definition) is 2. The van der Waals surface area contributed by atoms with Crippen molar-refractivity contribution >= 4 is 15.9 Å². The van der Waals surface area contributed by atoms with Crippen molar-refractivity contribution in [3.8, 4) is 5.75 Å². The number of benzene rings is 1. The topological polar surface area (TPSA) is 35.5 Å². The predicted molar refractivity (Wildman–Crippen MR) is 77.9 cm³/mol. The second kappa shape index (κ2) is 6.68. The van der Waals surface area contributed by atoms with Crippen LogP contribution in [0.4, 0.5) is 4.39 Å². The molecule has 0 aromatic heterocycles. The zero-order valence-corrected chi connectivity index (χ0v) is 12.7. The summed E-state index contributed by atoms with van der Waals surface area (Å²) in [6, 6.07) is 3.22. The van der Waals surface area contributed by atoms with E-state index >= 15 is 0 Å². The first-order chi connectivity index (χ1) is 9.13.